The van der Waals surface area contributed by atoms with Crippen LogP contribution in [0.5, 0.6) is 5.75 Å². The van der Waals surface area contributed by atoms with E-state index in [2.05, 4.69) is 9.97 Å². The first-order chi connectivity index (χ1) is 13.9. The Labute approximate surface area is 169 Å². The van der Waals surface area contributed by atoms with Gasteiger partial charge in [-0.3, -0.25) is 4.79 Å². The number of hydrogen-bond acceptors (Lipinski definition) is 6. The molecule has 7 nitrogen and oxygen atoms in total. The zero-order valence-corrected chi connectivity index (χ0v) is 16.6. The van der Waals surface area contributed by atoms with Crippen molar-refractivity contribution in [3.05, 3.63) is 71.9 Å². The highest BCUT2D eigenvalue weighted by molar-refractivity contribution is 5.99. The second kappa shape index (κ2) is 8.70. The van der Waals surface area contributed by atoms with Gasteiger partial charge in [-0.05, 0) is 17.7 Å². The van der Waals surface area contributed by atoms with E-state index in [9.17, 15) is 15.0 Å². The number of carbonyl (C=O) groups excluding carboxylic acids is 1. The molecule has 0 bridgehead atoms. The Morgan fingerprint density at radius 2 is 1.79 bits per heavy atom. The number of nitrogens with zero attached hydrogens (tertiary/aromatic N) is 4. The third-order valence-electron chi connectivity index (χ3n) is 4.50. The van der Waals surface area contributed by atoms with Crippen LogP contribution in [0.15, 0.2) is 60.8 Å². The number of likely N-dealkylation sites (N-methyl/N-ethyl adjacent to an activating group) is 1. The number of aromatic nitrogens is 2. The van der Waals surface area contributed by atoms with Crippen LogP contribution in [0.25, 0.3) is 11.3 Å². The summed E-state index contributed by atoms with van der Waals surface area (Å²) in [7, 11) is 5.29. The predicted molar refractivity (Wildman–Crippen MR) is 112 cm³/mol. The summed E-state index contributed by atoms with van der Waals surface area (Å²) in [6.45, 7) is 0.0615. The van der Waals surface area contributed by atoms with Gasteiger partial charge in [-0.15, -0.1) is 0 Å². The van der Waals surface area contributed by atoms with Gasteiger partial charge in [0, 0.05) is 32.9 Å². The van der Waals surface area contributed by atoms with E-state index in [1.807, 2.05) is 44.4 Å². The number of hydrogen-bond donors (Lipinski definition) is 2. The molecule has 0 saturated carbocycles. The van der Waals surface area contributed by atoms with Crippen molar-refractivity contribution in [1.29, 1.82) is 0 Å². The van der Waals surface area contributed by atoms with Crippen LogP contribution in [0.3, 0.4) is 0 Å². The average molecular weight is 392 g/mol. The Morgan fingerprint density at radius 1 is 1.07 bits per heavy atom. The fourth-order valence-corrected chi connectivity index (χ4v) is 2.95. The third-order valence-corrected chi connectivity index (χ3v) is 4.50. The molecule has 0 unspecified atom stereocenters. The van der Waals surface area contributed by atoms with Crippen molar-refractivity contribution in [2.24, 2.45) is 0 Å². The quantitative estimate of drug-likeness (QED) is 0.670. The largest absolute Gasteiger partial charge is 0.508 e. The first-order valence-electron chi connectivity index (χ1n) is 9.19. The number of anilines is 1. The van der Waals surface area contributed by atoms with Crippen LogP contribution in [-0.2, 0) is 0 Å². The molecule has 0 aliphatic rings. The summed E-state index contributed by atoms with van der Waals surface area (Å²) in [6.07, 6.45) is 0.586. The maximum absolute atomic E-state index is 13.1. The number of carbonyl (C=O) groups is 1. The van der Waals surface area contributed by atoms with E-state index in [1.54, 1.807) is 24.1 Å². The lowest BCUT2D eigenvalue weighted by molar-refractivity contribution is 0.0681. The van der Waals surface area contributed by atoms with Crippen molar-refractivity contribution in [3.8, 4) is 17.0 Å². The predicted octanol–water partition coefficient (Wildman–Crippen LogP) is 2.72. The summed E-state index contributed by atoms with van der Waals surface area (Å²) in [4.78, 5) is 25.2. The van der Waals surface area contributed by atoms with Gasteiger partial charge in [0.1, 0.15) is 5.75 Å². The lowest BCUT2D eigenvalue weighted by atomic mass is 10.1. The minimum Gasteiger partial charge on any atom is -0.508 e. The SMILES string of the molecule is CN(C[C@H](O)c1cccc(O)c1)C(=O)c1cnc(N(C)C)nc1-c1ccccc1. The van der Waals surface area contributed by atoms with Gasteiger partial charge in [0.2, 0.25) is 5.95 Å². The minimum absolute atomic E-state index is 0.0615. The Morgan fingerprint density at radius 3 is 2.45 bits per heavy atom. The number of phenolic OH excluding ortho intramolecular Hbond substituents is 1. The Hall–Kier alpha value is -3.45. The highest BCUT2D eigenvalue weighted by atomic mass is 16.3. The van der Waals surface area contributed by atoms with Crippen LogP contribution in [0.2, 0.25) is 0 Å². The van der Waals surface area contributed by atoms with Gasteiger partial charge in [-0.1, -0.05) is 42.5 Å². The van der Waals surface area contributed by atoms with Crippen LogP contribution in [-0.4, -0.2) is 58.7 Å². The molecule has 150 valence electrons. The number of amides is 1. The fraction of sp³-hybridized carbons (Fsp3) is 0.227. The molecule has 0 spiro atoms. The van der Waals surface area contributed by atoms with E-state index < -0.39 is 6.10 Å². The maximum Gasteiger partial charge on any atom is 0.257 e. The van der Waals surface area contributed by atoms with Gasteiger partial charge < -0.3 is 20.0 Å². The third kappa shape index (κ3) is 4.70. The molecular weight excluding hydrogens is 368 g/mol. The zero-order chi connectivity index (χ0) is 21.0. The summed E-state index contributed by atoms with van der Waals surface area (Å²) in [5.74, 6) is 0.269. The van der Waals surface area contributed by atoms with Crippen molar-refractivity contribution in [2.45, 2.75) is 6.10 Å². The van der Waals surface area contributed by atoms with E-state index in [0.29, 0.717) is 22.8 Å². The Kier molecular flexibility index (Phi) is 6.09. The minimum atomic E-state index is -0.932. The summed E-state index contributed by atoms with van der Waals surface area (Å²) in [5.41, 5.74) is 2.23. The van der Waals surface area contributed by atoms with Gasteiger partial charge in [-0.2, -0.15) is 0 Å². The summed E-state index contributed by atoms with van der Waals surface area (Å²) in [6, 6.07) is 15.8. The van der Waals surface area contributed by atoms with Crippen molar-refractivity contribution in [1.82, 2.24) is 14.9 Å². The molecule has 0 saturated heterocycles. The molecule has 3 aromatic rings. The molecule has 3 rings (SSSR count). The van der Waals surface area contributed by atoms with Crippen LogP contribution < -0.4 is 4.90 Å². The number of aliphatic hydroxyl groups excluding tert-OH is 1. The summed E-state index contributed by atoms with van der Waals surface area (Å²) in [5, 5.41) is 20.1. The van der Waals surface area contributed by atoms with Crippen molar-refractivity contribution < 1.29 is 15.0 Å². The molecule has 0 radical (unpaired) electrons. The van der Waals surface area contributed by atoms with Gasteiger partial charge in [0.05, 0.1) is 23.9 Å². The van der Waals surface area contributed by atoms with Crippen molar-refractivity contribution in [2.75, 3.05) is 32.6 Å². The topological polar surface area (TPSA) is 89.8 Å². The lowest BCUT2D eigenvalue weighted by Crippen LogP contribution is -2.32. The van der Waals surface area contributed by atoms with E-state index in [-0.39, 0.29) is 18.2 Å². The molecule has 7 heteroatoms. The van der Waals surface area contributed by atoms with E-state index in [0.717, 1.165) is 5.56 Å². The highest BCUT2D eigenvalue weighted by Gasteiger charge is 2.22. The highest BCUT2D eigenvalue weighted by Crippen LogP contribution is 2.25. The van der Waals surface area contributed by atoms with Crippen LogP contribution in [0.4, 0.5) is 5.95 Å². The zero-order valence-electron chi connectivity index (χ0n) is 16.6. The molecule has 0 aliphatic carbocycles. The molecule has 1 amide bonds. The van der Waals surface area contributed by atoms with Gasteiger partial charge in [0.15, 0.2) is 0 Å². The number of benzene rings is 2. The Balaban J connectivity index is 1.89. The normalized spacial score (nSPS) is 11.7. The monoisotopic (exact) mass is 392 g/mol. The molecule has 2 aromatic carbocycles. The maximum atomic E-state index is 13.1. The van der Waals surface area contributed by atoms with E-state index >= 15 is 0 Å². The molecule has 1 heterocycles. The van der Waals surface area contributed by atoms with Crippen molar-refractivity contribution in [3.63, 3.8) is 0 Å². The first-order valence-corrected chi connectivity index (χ1v) is 9.19. The molecule has 1 aromatic heterocycles. The number of aliphatic hydroxyl groups is 1. The summed E-state index contributed by atoms with van der Waals surface area (Å²) < 4.78 is 0. The first kappa shape index (κ1) is 20.3. The van der Waals surface area contributed by atoms with E-state index in [4.69, 9.17) is 0 Å². The summed E-state index contributed by atoms with van der Waals surface area (Å²) >= 11 is 0. The van der Waals surface area contributed by atoms with Crippen LogP contribution in [0.1, 0.15) is 22.0 Å². The molecule has 29 heavy (non-hydrogen) atoms. The molecule has 0 fully saturated rings. The second-order valence-electron chi connectivity index (χ2n) is 6.99. The van der Waals surface area contributed by atoms with E-state index in [1.165, 1.54) is 23.2 Å². The number of rotatable bonds is 6. The van der Waals surface area contributed by atoms with Crippen LogP contribution >= 0.6 is 0 Å². The van der Waals surface area contributed by atoms with Gasteiger partial charge in [-0.25, -0.2) is 9.97 Å². The van der Waals surface area contributed by atoms with Gasteiger partial charge >= 0.3 is 0 Å². The standard InChI is InChI=1S/C22H24N4O3/c1-25(2)22-23-13-18(20(24-22)15-8-5-4-6-9-15)21(29)26(3)14-19(28)16-10-7-11-17(27)12-16/h4-13,19,27-28H,14H2,1-3H3/t19-/m0/s1. The molecule has 1 atom stereocenters. The molecule has 2 N–H and O–H groups in total. The average Bonchev–Trinajstić information content (AvgIpc) is 2.73. The lowest BCUT2D eigenvalue weighted by Gasteiger charge is -2.22. The Bertz CT molecular complexity index is 992. The number of phenols is 1. The van der Waals surface area contributed by atoms with Crippen LogP contribution in [0, 0.1) is 0 Å². The molecular formula is C22H24N4O3. The number of aromatic hydroxyl groups is 1. The smallest absolute Gasteiger partial charge is 0.257 e. The van der Waals surface area contributed by atoms with Gasteiger partial charge in [0.25, 0.3) is 5.91 Å². The second-order valence-corrected chi connectivity index (χ2v) is 6.99. The van der Waals surface area contributed by atoms with Crippen molar-refractivity contribution >= 4 is 11.9 Å². The molecule has 0 aliphatic heterocycles. The fourth-order valence-electron chi connectivity index (χ4n) is 2.95.